The molecule has 30 heavy (non-hydrogen) atoms. The molecule has 0 amide bonds. The molecule has 4 nitrogen and oxygen atoms in total. The molecule has 1 N–H and O–H groups in total. The zero-order valence-electron chi connectivity index (χ0n) is 17.9. The lowest BCUT2D eigenvalue weighted by Gasteiger charge is -2.39. The third-order valence-electron chi connectivity index (χ3n) is 3.24. The van der Waals surface area contributed by atoms with Gasteiger partial charge in [-0.3, -0.25) is 4.55 Å². The summed E-state index contributed by atoms with van der Waals surface area (Å²) in [6, 6.07) is 0. The molecule has 0 radical (unpaired) electrons. The second-order valence-corrected chi connectivity index (χ2v) is 11.5. The molecule has 0 bridgehead atoms. The molecular weight excluding hydrogens is 457 g/mol. The highest BCUT2D eigenvalue weighted by atomic mass is 32.2. The molecule has 0 heterocycles. The number of halogens is 9. The minimum absolute atomic E-state index is 0.425. The van der Waals surface area contributed by atoms with Gasteiger partial charge in [-0.1, -0.05) is 41.5 Å². The van der Waals surface area contributed by atoms with Crippen molar-refractivity contribution in [3.8, 4) is 0 Å². The lowest BCUT2D eigenvalue weighted by Crippen LogP contribution is -2.63. The van der Waals surface area contributed by atoms with Gasteiger partial charge in [0.05, 0.1) is 27.2 Å². The Labute approximate surface area is 170 Å². The summed E-state index contributed by atoms with van der Waals surface area (Å²) < 4.78 is 135. The van der Waals surface area contributed by atoms with E-state index >= 15 is 0 Å². The first-order valence-corrected chi connectivity index (χ1v) is 9.84. The number of hydrogen-bond acceptors (Lipinski definition) is 2. The molecule has 0 aliphatic carbocycles. The highest BCUT2D eigenvalue weighted by molar-refractivity contribution is 7.87. The molecule has 0 aromatic rings. The van der Waals surface area contributed by atoms with E-state index in [2.05, 4.69) is 55.6 Å². The van der Waals surface area contributed by atoms with Gasteiger partial charge in [-0.25, -0.2) is 0 Å². The van der Waals surface area contributed by atoms with Crippen molar-refractivity contribution in [3.05, 3.63) is 0 Å². The summed E-state index contributed by atoms with van der Waals surface area (Å²) in [4.78, 5) is 0. The Hall–Kier alpha value is -0.760. The van der Waals surface area contributed by atoms with Crippen LogP contribution >= 0.6 is 0 Å². The zero-order valence-corrected chi connectivity index (χ0v) is 18.8. The molecule has 0 saturated heterocycles. The van der Waals surface area contributed by atoms with Crippen LogP contribution in [0.3, 0.4) is 0 Å². The van der Waals surface area contributed by atoms with Gasteiger partial charge in [-0.2, -0.15) is 47.9 Å². The Morgan fingerprint density at radius 1 is 0.667 bits per heavy atom. The van der Waals surface area contributed by atoms with E-state index in [9.17, 15) is 47.9 Å². The number of alkyl halides is 9. The average Bonchev–Trinajstić information content (AvgIpc) is 2.29. The van der Waals surface area contributed by atoms with Crippen molar-refractivity contribution in [2.75, 3.05) is 27.2 Å². The van der Waals surface area contributed by atoms with Crippen molar-refractivity contribution >= 4 is 10.1 Å². The lowest BCUT2D eigenvalue weighted by atomic mass is 9.91. The van der Waals surface area contributed by atoms with Gasteiger partial charge < -0.3 is 4.48 Å². The quantitative estimate of drug-likeness (QED) is 0.319. The molecule has 0 fully saturated rings. The Morgan fingerprint density at radius 2 is 0.933 bits per heavy atom. The van der Waals surface area contributed by atoms with E-state index in [1.165, 1.54) is 13.1 Å². The fourth-order valence-corrected chi connectivity index (χ4v) is 3.60. The van der Waals surface area contributed by atoms with Gasteiger partial charge in [-0.05, 0) is 0 Å². The summed E-state index contributed by atoms with van der Waals surface area (Å²) in [7, 11) is -2.51. The standard InChI is InChI=1S/C12H28N.C4HF9O3S/c1-11(2,3)9-13(7,8)10-12(4,5)6;5-1(6,3(9,10)11)2(7,8)4(12,13)17(14,15)16/h9-10H2,1-8H3;(H,14,15,16)/q+1;. The van der Waals surface area contributed by atoms with E-state index in [1.807, 2.05) is 0 Å². The van der Waals surface area contributed by atoms with Crippen molar-refractivity contribution < 1.29 is 57.0 Å². The Kier molecular flexibility index (Phi) is 9.05. The second kappa shape index (κ2) is 8.64. The highest BCUT2D eigenvalue weighted by Gasteiger charge is 2.85. The van der Waals surface area contributed by atoms with Crippen LogP contribution in [0.5, 0.6) is 0 Å². The van der Waals surface area contributed by atoms with Crippen molar-refractivity contribution in [2.24, 2.45) is 10.8 Å². The first-order valence-electron chi connectivity index (χ1n) is 8.40. The summed E-state index contributed by atoms with van der Waals surface area (Å²) in [6.45, 7) is 16.4. The topological polar surface area (TPSA) is 54.4 Å². The molecule has 0 saturated carbocycles. The van der Waals surface area contributed by atoms with E-state index < -0.39 is 33.4 Å². The molecule has 0 atom stereocenters. The molecular formula is C16H29F9NO3S+. The van der Waals surface area contributed by atoms with Crippen molar-refractivity contribution in [2.45, 2.75) is 64.8 Å². The van der Waals surface area contributed by atoms with Gasteiger partial charge in [0.1, 0.15) is 0 Å². The van der Waals surface area contributed by atoms with Crippen LogP contribution < -0.4 is 0 Å². The van der Waals surface area contributed by atoms with E-state index in [0.717, 1.165) is 4.48 Å². The molecule has 0 aromatic heterocycles. The fraction of sp³-hybridized carbons (Fsp3) is 1.00. The van der Waals surface area contributed by atoms with Gasteiger partial charge in [0, 0.05) is 10.8 Å². The summed E-state index contributed by atoms with van der Waals surface area (Å²) in [5, 5.41) is -7.00. The molecule has 0 aliphatic heterocycles. The van der Waals surface area contributed by atoms with Crippen LogP contribution in [-0.4, -0.2) is 67.9 Å². The Balaban J connectivity index is 0. The van der Waals surface area contributed by atoms with Crippen LogP contribution in [-0.2, 0) is 10.1 Å². The molecule has 0 unspecified atom stereocenters. The maximum Gasteiger partial charge on any atom is 0.460 e. The van der Waals surface area contributed by atoms with Crippen LogP contribution in [0.1, 0.15) is 41.5 Å². The van der Waals surface area contributed by atoms with Crippen LogP contribution in [0.25, 0.3) is 0 Å². The first kappa shape index (κ1) is 31.4. The van der Waals surface area contributed by atoms with E-state index in [-0.39, 0.29) is 0 Å². The lowest BCUT2D eigenvalue weighted by molar-refractivity contribution is -0.902. The van der Waals surface area contributed by atoms with Gasteiger partial charge in [0.15, 0.2) is 0 Å². The summed E-state index contributed by atoms with van der Waals surface area (Å²) in [6.07, 6.45) is -7.13. The average molecular weight is 486 g/mol. The smallest absolute Gasteiger partial charge is 0.328 e. The third kappa shape index (κ3) is 8.40. The van der Waals surface area contributed by atoms with Crippen LogP contribution in [0.4, 0.5) is 39.5 Å². The van der Waals surface area contributed by atoms with E-state index in [0.29, 0.717) is 10.8 Å². The van der Waals surface area contributed by atoms with Crippen LogP contribution in [0, 0.1) is 10.8 Å². The Bertz CT molecular complexity index is 656. The minimum Gasteiger partial charge on any atom is -0.328 e. The Morgan fingerprint density at radius 3 is 1.10 bits per heavy atom. The molecule has 184 valence electrons. The largest absolute Gasteiger partial charge is 0.460 e. The SMILES string of the molecule is CC(C)(C)C[N+](C)(C)CC(C)(C)C.O=S(=O)(O)C(F)(F)C(F)(F)C(F)(F)C(F)(F)F. The van der Waals surface area contributed by atoms with Gasteiger partial charge in [0.25, 0.3) is 0 Å². The van der Waals surface area contributed by atoms with Crippen LogP contribution in [0.2, 0.25) is 0 Å². The zero-order chi connectivity index (χ0) is 25.4. The maximum atomic E-state index is 12.2. The van der Waals surface area contributed by atoms with E-state index in [1.54, 1.807) is 0 Å². The normalized spacial score (nSPS) is 15.5. The van der Waals surface area contributed by atoms with Gasteiger partial charge in [-0.15, -0.1) is 0 Å². The fourth-order valence-electron chi connectivity index (χ4n) is 3.15. The summed E-state index contributed by atoms with van der Waals surface area (Å²) >= 11 is 0. The summed E-state index contributed by atoms with van der Waals surface area (Å²) in [5.74, 6) is -14.7. The highest BCUT2D eigenvalue weighted by Crippen LogP contribution is 2.54. The van der Waals surface area contributed by atoms with Gasteiger partial charge in [0.2, 0.25) is 0 Å². The van der Waals surface area contributed by atoms with Crippen molar-refractivity contribution in [1.29, 1.82) is 0 Å². The number of quaternary nitrogens is 1. The molecule has 0 aliphatic rings. The van der Waals surface area contributed by atoms with Crippen molar-refractivity contribution in [3.63, 3.8) is 0 Å². The molecule has 14 heteroatoms. The maximum absolute atomic E-state index is 12.2. The third-order valence-corrected chi connectivity index (χ3v) is 4.15. The van der Waals surface area contributed by atoms with Crippen LogP contribution in [0.15, 0.2) is 0 Å². The predicted molar refractivity (Wildman–Crippen MR) is 93.2 cm³/mol. The van der Waals surface area contributed by atoms with Crippen molar-refractivity contribution in [1.82, 2.24) is 0 Å². The number of nitrogens with zero attached hydrogens (tertiary/aromatic N) is 1. The first-order chi connectivity index (χ1) is 12.4. The summed E-state index contributed by atoms with van der Waals surface area (Å²) in [5.41, 5.74) is 0.851. The number of rotatable bonds is 5. The minimum atomic E-state index is -7.37. The molecule has 0 rings (SSSR count). The predicted octanol–water partition coefficient (Wildman–Crippen LogP) is 5.45. The molecule has 0 aromatic carbocycles. The number of hydrogen-bond donors (Lipinski definition) is 1. The molecule has 0 spiro atoms. The second-order valence-electron chi connectivity index (χ2n) is 10.0. The monoisotopic (exact) mass is 486 g/mol. The van der Waals surface area contributed by atoms with E-state index in [4.69, 9.17) is 4.55 Å². The van der Waals surface area contributed by atoms with Gasteiger partial charge >= 0.3 is 33.4 Å².